The Kier molecular flexibility index (Phi) is 4.16. The highest BCUT2D eigenvalue weighted by Crippen LogP contribution is 2.33. The molecular weight excluding hydrogens is 344 g/mol. The van der Waals surface area contributed by atoms with Crippen molar-refractivity contribution in [3.63, 3.8) is 0 Å². The lowest BCUT2D eigenvalue weighted by molar-refractivity contribution is 0.0691. The number of H-pyrrole nitrogens is 1. The summed E-state index contributed by atoms with van der Waals surface area (Å²) in [5.41, 5.74) is 5.59. The highest BCUT2D eigenvalue weighted by Gasteiger charge is 2.34. The van der Waals surface area contributed by atoms with Crippen molar-refractivity contribution in [3.8, 4) is 0 Å². The van der Waals surface area contributed by atoms with Crippen molar-refractivity contribution in [2.75, 3.05) is 6.54 Å². The van der Waals surface area contributed by atoms with Gasteiger partial charge >= 0.3 is 0 Å². The summed E-state index contributed by atoms with van der Waals surface area (Å²) in [4.78, 5) is 19.2. The molecule has 0 bridgehead atoms. The number of nitrogens with zero attached hydrogens (tertiary/aromatic N) is 1. The van der Waals surface area contributed by atoms with E-state index in [1.54, 1.807) is 0 Å². The summed E-state index contributed by atoms with van der Waals surface area (Å²) in [6.45, 7) is 2.77. The zero-order chi connectivity index (χ0) is 19.1. The van der Waals surface area contributed by atoms with Gasteiger partial charge in [-0.05, 0) is 54.7 Å². The predicted molar refractivity (Wildman–Crippen MR) is 112 cm³/mol. The summed E-state index contributed by atoms with van der Waals surface area (Å²) in [7, 11) is 0. The Labute approximate surface area is 165 Å². The first-order valence-electron chi connectivity index (χ1n) is 10.1. The number of carbonyl (C=O) groups is 1. The lowest BCUT2D eigenvalue weighted by Gasteiger charge is -2.36. The quantitative estimate of drug-likeness (QED) is 0.739. The Morgan fingerprint density at radius 2 is 1.86 bits per heavy atom. The maximum Gasteiger partial charge on any atom is 0.254 e. The van der Waals surface area contributed by atoms with Crippen molar-refractivity contribution in [2.24, 2.45) is 0 Å². The van der Waals surface area contributed by atoms with Gasteiger partial charge in [-0.3, -0.25) is 4.79 Å². The second-order valence-corrected chi connectivity index (χ2v) is 7.76. The summed E-state index contributed by atoms with van der Waals surface area (Å²) < 4.78 is 0. The molecule has 2 heterocycles. The van der Waals surface area contributed by atoms with Gasteiger partial charge in [0.15, 0.2) is 0 Å². The summed E-state index contributed by atoms with van der Waals surface area (Å²) in [5, 5.41) is 2.58. The van der Waals surface area contributed by atoms with E-state index in [1.165, 1.54) is 21.8 Å². The molecule has 5 rings (SSSR count). The molecular formula is C25H24N2O. The summed E-state index contributed by atoms with van der Waals surface area (Å²) in [5.74, 6) is 0.101. The van der Waals surface area contributed by atoms with Crippen molar-refractivity contribution in [2.45, 2.75) is 32.2 Å². The molecule has 1 atom stereocenters. The van der Waals surface area contributed by atoms with Crippen molar-refractivity contribution < 1.29 is 4.79 Å². The van der Waals surface area contributed by atoms with Gasteiger partial charge in [0.1, 0.15) is 0 Å². The first-order valence-corrected chi connectivity index (χ1v) is 10.1. The molecule has 3 heteroatoms. The number of aryl methyl sites for hydroxylation is 1. The Hall–Kier alpha value is -3.07. The molecule has 2 aliphatic rings. The van der Waals surface area contributed by atoms with E-state index in [1.807, 2.05) is 42.2 Å². The zero-order valence-corrected chi connectivity index (χ0v) is 16.1. The zero-order valence-electron chi connectivity index (χ0n) is 16.1. The monoisotopic (exact) mass is 368 g/mol. The third-order valence-electron chi connectivity index (χ3n) is 5.90. The van der Waals surface area contributed by atoms with E-state index >= 15 is 0 Å². The van der Waals surface area contributed by atoms with Gasteiger partial charge in [-0.15, -0.1) is 0 Å². The SMILES string of the molecule is Cc1cccc(C(=O)N2CCc3c([nH]c4c3=CCCC=4)C2c2ccccc2)c1. The van der Waals surface area contributed by atoms with Crippen LogP contribution < -0.4 is 10.6 Å². The number of nitrogens with one attached hydrogen (secondary N) is 1. The Bertz CT molecular complexity index is 1160. The van der Waals surface area contributed by atoms with E-state index in [2.05, 4.69) is 41.4 Å². The van der Waals surface area contributed by atoms with Crippen LogP contribution in [0.3, 0.4) is 0 Å². The third kappa shape index (κ3) is 2.78. The molecule has 1 aromatic heterocycles. The van der Waals surface area contributed by atoms with Gasteiger partial charge in [-0.25, -0.2) is 0 Å². The van der Waals surface area contributed by atoms with Crippen LogP contribution in [0.15, 0.2) is 54.6 Å². The van der Waals surface area contributed by atoms with Crippen molar-refractivity contribution in [3.05, 3.63) is 93.1 Å². The molecule has 1 aliphatic carbocycles. The number of benzene rings is 2. The number of aromatic amines is 1. The van der Waals surface area contributed by atoms with Crippen molar-refractivity contribution in [1.29, 1.82) is 0 Å². The number of carbonyl (C=O) groups excluding carboxylic acids is 1. The van der Waals surface area contributed by atoms with Crippen LogP contribution in [0.1, 0.15) is 51.6 Å². The van der Waals surface area contributed by atoms with Gasteiger partial charge in [-0.1, -0.05) is 60.2 Å². The average Bonchev–Trinajstić information content (AvgIpc) is 3.12. The maximum absolute atomic E-state index is 13.5. The van der Waals surface area contributed by atoms with E-state index in [9.17, 15) is 4.79 Å². The minimum absolute atomic E-state index is 0.0784. The number of hydrogen-bond donors (Lipinski definition) is 1. The van der Waals surface area contributed by atoms with Crippen LogP contribution in [-0.2, 0) is 6.42 Å². The van der Waals surface area contributed by atoms with E-state index in [0.717, 1.165) is 42.5 Å². The fraction of sp³-hybridized carbons (Fsp3) is 0.240. The third-order valence-corrected chi connectivity index (χ3v) is 5.90. The number of amides is 1. The normalized spacial score (nSPS) is 17.9. The first kappa shape index (κ1) is 17.1. The van der Waals surface area contributed by atoms with E-state index in [-0.39, 0.29) is 11.9 Å². The molecule has 0 saturated carbocycles. The number of hydrogen-bond acceptors (Lipinski definition) is 1. The second-order valence-electron chi connectivity index (χ2n) is 7.76. The molecule has 0 saturated heterocycles. The van der Waals surface area contributed by atoms with Gasteiger partial charge in [0, 0.05) is 23.2 Å². The molecule has 3 aromatic rings. The molecule has 1 unspecified atom stereocenters. The summed E-state index contributed by atoms with van der Waals surface area (Å²) in [6, 6.07) is 18.2. The van der Waals surface area contributed by atoms with Crippen LogP contribution >= 0.6 is 0 Å². The molecule has 28 heavy (non-hydrogen) atoms. The average molecular weight is 368 g/mol. The van der Waals surface area contributed by atoms with Crippen LogP contribution in [0.2, 0.25) is 0 Å². The van der Waals surface area contributed by atoms with Gasteiger partial charge in [-0.2, -0.15) is 0 Å². The van der Waals surface area contributed by atoms with E-state index < -0.39 is 0 Å². The van der Waals surface area contributed by atoms with E-state index in [0.29, 0.717) is 0 Å². The second kappa shape index (κ2) is 6.83. The molecule has 140 valence electrons. The number of aromatic nitrogens is 1. The van der Waals surface area contributed by atoms with Gasteiger partial charge in [0.05, 0.1) is 6.04 Å². The highest BCUT2D eigenvalue weighted by molar-refractivity contribution is 5.95. The molecule has 0 spiro atoms. The van der Waals surface area contributed by atoms with Crippen LogP contribution in [0.4, 0.5) is 0 Å². The van der Waals surface area contributed by atoms with Crippen molar-refractivity contribution in [1.82, 2.24) is 9.88 Å². The van der Waals surface area contributed by atoms with Gasteiger partial charge in [0.25, 0.3) is 5.91 Å². The Morgan fingerprint density at radius 1 is 1.04 bits per heavy atom. The standard InChI is InChI=1S/C25H24N2O/c1-17-8-7-11-19(16-17)25(28)27-15-14-21-20-12-5-6-13-22(20)26-23(21)24(27)18-9-3-2-4-10-18/h2-4,7-13,16,24,26H,5-6,14-15H2,1H3. The minimum Gasteiger partial charge on any atom is -0.356 e. The highest BCUT2D eigenvalue weighted by atomic mass is 16.2. The van der Waals surface area contributed by atoms with Gasteiger partial charge in [0.2, 0.25) is 0 Å². The fourth-order valence-electron chi connectivity index (χ4n) is 4.61. The summed E-state index contributed by atoms with van der Waals surface area (Å²) in [6.07, 6.45) is 7.72. The van der Waals surface area contributed by atoms with Gasteiger partial charge < -0.3 is 9.88 Å². The molecule has 3 nitrogen and oxygen atoms in total. The number of fused-ring (bicyclic) bond motifs is 3. The van der Waals surface area contributed by atoms with Crippen LogP contribution in [0.25, 0.3) is 12.2 Å². The molecule has 0 fully saturated rings. The molecule has 1 aliphatic heterocycles. The van der Waals surface area contributed by atoms with Crippen LogP contribution in [0, 0.1) is 6.92 Å². The van der Waals surface area contributed by atoms with Crippen molar-refractivity contribution >= 4 is 18.1 Å². The fourth-order valence-corrected chi connectivity index (χ4v) is 4.61. The maximum atomic E-state index is 13.5. The van der Waals surface area contributed by atoms with Crippen LogP contribution in [-0.4, -0.2) is 22.3 Å². The largest absolute Gasteiger partial charge is 0.356 e. The molecule has 0 radical (unpaired) electrons. The predicted octanol–water partition coefficient (Wildman–Crippen LogP) is 3.47. The first-order chi connectivity index (χ1) is 13.7. The molecule has 1 amide bonds. The number of rotatable bonds is 2. The minimum atomic E-state index is -0.0784. The molecule has 2 aromatic carbocycles. The molecule has 1 N–H and O–H groups in total. The summed E-state index contributed by atoms with van der Waals surface area (Å²) >= 11 is 0. The van der Waals surface area contributed by atoms with Crippen LogP contribution in [0.5, 0.6) is 0 Å². The Balaban J connectivity index is 1.66. The lowest BCUT2D eigenvalue weighted by Crippen LogP contribution is -2.41. The smallest absolute Gasteiger partial charge is 0.254 e. The topological polar surface area (TPSA) is 36.1 Å². The lowest BCUT2D eigenvalue weighted by atomic mass is 9.91. The van der Waals surface area contributed by atoms with E-state index in [4.69, 9.17) is 0 Å². The Morgan fingerprint density at radius 3 is 2.68 bits per heavy atom.